The Balaban J connectivity index is 1.57. The lowest BCUT2D eigenvalue weighted by Gasteiger charge is -2.09. The highest BCUT2D eigenvalue weighted by Gasteiger charge is 2.23. The Kier molecular flexibility index (Phi) is 3.69. The number of imidazole rings is 1. The molecule has 1 N–H and O–H groups in total. The summed E-state index contributed by atoms with van der Waals surface area (Å²) in [5, 5.41) is 16.1. The first-order valence-corrected chi connectivity index (χ1v) is 8.32. The van der Waals surface area contributed by atoms with Crippen LogP contribution in [-0.4, -0.2) is 27.5 Å². The van der Waals surface area contributed by atoms with Crippen LogP contribution in [0.15, 0.2) is 29.8 Å². The molecule has 0 saturated heterocycles. The van der Waals surface area contributed by atoms with Gasteiger partial charge in [0.25, 0.3) is 4.96 Å². The molecule has 8 nitrogen and oxygen atoms in total. The van der Waals surface area contributed by atoms with Crippen molar-refractivity contribution < 1.29 is 14.4 Å². The van der Waals surface area contributed by atoms with Gasteiger partial charge >= 0.3 is 5.82 Å². The van der Waals surface area contributed by atoms with E-state index in [2.05, 4.69) is 10.3 Å². The van der Waals surface area contributed by atoms with Crippen LogP contribution in [0.25, 0.3) is 4.96 Å². The molecule has 0 atom stereocenters. The van der Waals surface area contributed by atoms with E-state index in [-0.39, 0.29) is 11.6 Å². The number of nitrogens with one attached hydrogen (secondary N) is 1. The minimum atomic E-state index is -0.428. The van der Waals surface area contributed by atoms with Crippen molar-refractivity contribution in [2.75, 3.05) is 18.5 Å². The Bertz CT molecular complexity index is 904. The second-order valence-electron chi connectivity index (χ2n) is 5.28. The molecule has 1 aliphatic heterocycles. The molecule has 0 unspecified atom stereocenters. The van der Waals surface area contributed by atoms with Crippen molar-refractivity contribution in [3.8, 4) is 11.5 Å². The number of thiazole rings is 1. The van der Waals surface area contributed by atoms with Crippen molar-refractivity contribution >= 4 is 27.9 Å². The van der Waals surface area contributed by atoms with E-state index < -0.39 is 4.92 Å². The number of nitro groups is 1. The summed E-state index contributed by atoms with van der Waals surface area (Å²) in [6.45, 7) is 1.66. The standard InChI is InChI=1S/C15H14N4O4S/c20-19(21)14-13(17-15-18(14)4-7-24-15)16-9-10-2-3-11-12(8-10)23-6-1-5-22-11/h2-4,7-8,16H,1,5-6,9H2. The van der Waals surface area contributed by atoms with Gasteiger partial charge < -0.3 is 24.9 Å². The maximum Gasteiger partial charge on any atom is 0.372 e. The van der Waals surface area contributed by atoms with Crippen molar-refractivity contribution in [2.45, 2.75) is 13.0 Å². The molecule has 0 amide bonds. The molecule has 4 rings (SSSR count). The molecular weight excluding hydrogens is 332 g/mol. The van der Waals surface area contributed by atoms with E-state index in [4.69, 9.17) is 9.47 Å². The van der Waals surface area contributed by atoms with Crippen LogP contribution in [0.4, 0.5) is 11.6 Å². The highest BCUT2D eigenvalue weighted by Crippen LogP contribution is 2.32. The van der Waals surface area contributed by atoms with Gasteiger partial charge in [-0.3, -0.25) is 0 Å². The van der Waals surface area contributed by atoms with Crippen molar-refractivity contribution in [3.05, 3.63) is 45.5 Å². The van der Waals surface area contributed by atoms with Crippen molar-refractivity contribution in [3.63, 3.8) is 0 Å². The first-order chi connectivity index (χ1) is 11.7. The average Bonchev–Trinajstić information content (AvgIpc) is 3.05. The summed E-state index contributed by atoms with van der Waals surface area (Å²) in [5.41, 5.74) is 0.935. The summed E-state index contributed by atoms with van der Waals surface area (Å²) in [6.07, 6.45) is 2.49. The van der Waals surface area contributed by atoms with Gasteiger partial charge in [-0.05, 0) is 22.6 Å². The second kappa shape index (κ2) is 6.00. The van der Waals surface area contributed by atoms with Crippen LogP contribution in [-0.2, 0) is 6.54 Å². The number of ether oxygens (including phenoxy) is 2. The Morgan fingerprint density at radius 3 is 3.00 bits per heavy atom. The third-order valence-electron chi connectivity index (χ3n) is 3.68. The van der Waals surface area contributed by atoms with E-state index >= 15 is 0 Å². The van der Waals surface area contributed by atoms with E-state index in [1.54, 1.807) is 11.6 Å². The van der Waals surface area contributed by atoms with Gasteiger partial charge in [-0.1, -0.05) is 17.4 Å². The molecule has 124 valence electrons. The van der Waals surface area contributed by atoms with Crippen molar-refractivity contribution in [1.82, 2.24) is 9.38 Å². The molecular formula is C15H14N4O4S. The first kappa shape index (κ1) is 14.8. The van der Waals surface area contributed by atoms with Crippen LogP contribution in [0.2, 0.25) is 0 Å². The fraction of sp³-hybridized carbons (Fsp3) is 0.267. The lowest BCUT2D eigenvalue weighted by Crippen LogP contribution is -2.04. The Morgan fingerprint density at radius 1 is 1.33 bits per heavy atom. The Labute approximate surface area is 140 Å². The lowest BCUT2D eigenvalue weighted by atomic mass is 10.2. The van der Waals surface area contributed by atoms with Gasteiger partial charge in [0.2, 0.25) is 5.82 Å². The molecule has 1 aromatic carbocycles. The molecule has 3 heterocycles. The van der Waals surface area contributed by atoms with E-state index in [9.17, 15) is 10.1 Å². The summed E-state index contributed by atoms with van der Waals surface area (Å²) < 4.78 is 12.7. The topological polar surface area (TPSA) is 90.9 Å². The number of anilines is 1. The highest BCUT2D eigenvalue weighted by molar-refractivity contribution is 7.15. The Hall–Kier alpha value is -2.81. The zero-order valence-electron chi connectivity index (χ0n) is 12.6. The predicted molar refractivity (Wildman–Crippen MR) is 89.1 cm³/mol. The van der Waals surface area contributed by atoms with Gasteiger partial charge in [0.15, 0.2) is 11.5 Å². The van der Waals surface area contributed by atoms with Crippen LogP contribution in [0, 0.1) is 10.1 Å². The third kappa shape index (κ3) is 2.62. The number of hydrogen-bond donors (Lipinski definition) is 1. The summed E-state index contributed by atoms with van der Waals surface area (Å²) in [7, 11) is 0. The van der Waals surface area contributed by atoms with E-state index in [0.717, 1.165) is 17.7 Å². The number of benzene rings is 1. The first-order valence-electron chi connectivity index (χ1n) is 7.45. The quantitative estimate of drug-likeness (QED) is 0.577. The maximum absolute atomic E-state index is 11.3. The number of rotatable bonds is 4. The predicted octanol–water partition coefficient (Wildman–Crippen LogP) is 3.08. The average molecular weight is 346 g/mol. The lowest BCUT2D eigenvalue weighted by molar-refractivity contribution is -0.389. The van der Waals surface area contributed by atoms with E-state index in [1.165, 1.54) is 15.7 Å². The zero-order valence-corrected chi connectivity index (χ0v) is 13.4. The smallest absolute Gasteiger partial charge is 0.372 e. The van der Waals surface area contributed by atoms with E-state index in [1.807, 2.05) is 18.2 Å². The molecule has 3 aromatic rings. The molecule has 0 radical (unpaired) electrons. The van der Waals surface area contributed by atoms with Gasteiger partial charge in [0, 0.05) is 18.3 Å². The van der Waals surface area contributed by atoms with Gasteiger partial charge in [0.1, 0.15) is 6.20 Å². The molecule has 0 saturated carbocycles. The molecule has 0 bridgehead atoms. The number of hydrogen-bond acceptors (Lipinski definition) is 7. The van der Waals surface area contributed by atoms with Crippen LogP contribution >= 0.6 is 11.3 Å². The minimum Gasteiger partial charge on any atom is -0.490 e. The number of fused-ring (bicyclic) bond motifs is 2. The van der Waals surface area contributed by atoms with Gasteiger partial charge in [-0.2, -0.15) is 9.38 Å². The fourth-order valence-electron chi connectivity index (χ4n) is 2.57. The summed E-state index contributed by atoms with van der Waals surface area (Å²) >= 11 is 1.35. The number of nitrogens with zero attached hydrogens (tertiary/aromatic N) is 3. The normalized spacial score (nSPS) is 13.7. The van der Waals surface area contributed by atoms with Gasteiger partial charge in [-0.15, -0.1) is 0 Å². The molecule has 9 heteroatoms. The summed E-state index contributed by atoms with van der Waals surface area (Å²) in [5.74, 6) is 1.64. The monoisotopic (exact) mass is 346 g/mol. The van der Waals surface area contributed by atoms with Gasteiger partial charge in [0.05, 0.1) is 13.2 Å². The van der Waals surface area contributed by atoms with Crippen molar-refractivity contribution in [1.29, 1.82) is 0 Å². The largest absolute Gasteiger partial charge is 0.490 e. The van der Waals surface area contributed by atoms with Crippen LogP contribution in [0.1, 0.15) is 12.0 Å². The van der Waals surface area contributed by atoms with E-state index in [0.29, 0.717) is 30.5 Å². The molecule has 0 aliphatic carbocycles. The zero-order chi connectivity index (χ0) is 16.5. The molecule has 24 heavy (non-hydrogen) atoms. The summed E-state index contributed by atoms with van der Waals surface area (Å²) in [6, 6.07) is 5.65. The van der Waals surface area contributed by atoms with Gasteiger partial charge in [-0.25, -0.2) is 0 Å². The molecule has 0 spiro atoms. The minimum absolute atomic E-state index is 0.0550. The SMILES string of the molecule is O=[N+]([O-])c1c(NCc2ccc3c(c2)OCCCO3)nc2sccn12. The fourth-order valence-corrected chi connectivity index (χ4v) is 3.28. The van der Waals surface area contributed by atoms with Crippen LogP contribution < -0.4 is 14.8 Å². The molecule has 2 aromatic heterocycles. The summed E-state index contributed by atoms with van der Waals surface area (Å²) in [4.78, 5) is 15.8. The number of aromatic nitrogens is 2. The molecule has 1 aliphatic rings. The highest BCUT2D eigenvalue weighted by atomic mass is 32.1. The van der Waals surface area contributed by atoms with Crippen molar-refractivity contribution in [2.24, 2.45) is 0 Å². The van der Waals surface area contributed by atoms with Crippen LogP contribution in [0.3, 0.4) is 0 Å². The Morgan fingerprint density at radius 2 is 2.17 bits per heavy atom. The van der Waals surface area contributed by atoms with Crippen LogP contribution in [0.5, 0.6) is 11.5 Å². The maximum atomic E-state index is 11.3. The molecule has 0 fully saturated rings. The second-order valence-corrected chi connectivity index (χ2v) is 6.15. The third-order valence-corrected chi connectivity index (χ3v) is 4.44.